The van der Waals surface area contributed by atoms with Gasteiger partial charge >= 0.3 is 0 Å². The van der Waals surface area contributed by atoms with Crippen LogP contribution in [0, 0.1) is 0 Å². The zero-order valence-corrected chi connectivity index (χ0v) is 14.7. The van der Waals surface area contributed by atoms with E-state index >= 15 is 0 Å². The Labute approximate surface area is 148 Å². The number of hydrogen-bond acceptors (Lipinski definition) is 6. The van der Waals surface area contributed by atoms with Crippen molar-refractivity contribution in [1.29, 1.82) is 0 Å². The molecule has 0 amide bonds. The number of ether oxygens (including phenoxy) is 2. The van der Waals surface area contributed by atoms with Crippen LogP contribution < -0.4 is 9.47 Å². The first-order chi connectivity index (χ1) is 12.3. The Morgan fingerprint density at radius 3 is 2.36 bits per heavy atom. The molecule has 0 atom stereocenters. The van der Waals surface area contributed by atoms with Crippen LogP contribution in [0.3, 0.4) is 0 Å². The molecule has 7 heteroatoms. The van der Waals surface area contributed by atoms with Crippen LogP contribution in [0.25, 0.3) is 15.5 Å². The van der Waals surface area contributed by atoms with Crippen LogP contribution >= 0.6 is 11.3 Å². The first kappa shape index (κ1) is 15.6. The molecule has 0 unspecified atom stereocenters. The largest absolute Gasteiger partial charge is 0.497 e. The smallest absolute Gasteiger partial charge is 0.234 e. The number of nitrogens with zero attached hydrogens (tertiary/aromatic N) is 4. The van der Waals surface area contributed by atoms with E-state index in [-0.39, 0.29) is 0 Å². The lowest BCUT2D eigenvalue weighted by Crippen LogP contribution is -1.97. The molecule has 0 N–H and O–H groups in total. The van der Waals surface area contributed by atoms with Crippen molar-refractivity contribution in [2.24, 2.45) is 0 Å². The fraction of sp³-hybridized carbons (Fsp3) is 0.167. The fourth-order valence-electron chi connectivity index (χ4n) is 2.59. The summed E-state index contributed by atoms with van der Waals surface area (Å²) in [5.74, 6) is 2.27. The zero-order valence-electron chi connectivity index (χ0n) is 13.8. The van der Waals surface area contributed by atoms with E-state index in [2.05, 4.69) is 27.4 Å². The molecule has 2 aromatic heterocycles. The normalized spacial score (nSPS) is 11.0. The van der Waals surface area contributed by atoms with Crippen molar-refractivity contribution in [3.8, 4) is 22.1 Å². The average Bonchev–Trinajstić information content (AvgIpc) is 3.24. The topological polar surface area (TPSA) is 61.5 Å². The molecule has 126 valence electrons. The summed E-state index contributed by atoms with van der Waals surface area (Å²) >= 11 is 1.49. The fourth-order valence-corrected chi connectivity index (χ4v) is 3.44. The highest BCUT2D eigenvalue weighted by molar-refractivity contribution is 7.19. The summed E-state index contributed by atoms with van der Waals surface area (Å²) in [6.07, 6.45) is 0.687. The van der Waals surface area contributed by atoms with Gasteiger partial charge in [-0.3, -0.25) is 0 Å². The molecular weight excluding hydrogens is 336 g/mol. The van der Waals surface area contributed by atoms with Gasteiger partial charge in [0.1, 0.15) is 16.5 Å². The Morgan fingerprint density at radius 1 is 0.960 bits per heavy atom. The summed E-state index contributed by atoms with van der Waals surface area (Å²) in [6.45, 7) is 0. The minimum absolute atomic E-state index is 0.687. The van der Waals surface area contributed by atoms with Gasteiger partial charge in [-0.25, -0.2) is 0 Å². The molecule has 0 saturated heterocycles. The van der Waals surface area contributed by atoms with Crippen LogP contribution in [-0.4, -0.2) is 34.0 Å². The van der Waals surface area contributed by atoms with E-state index in [1.807, 2.05) is 36.4 Å². The van der Waals surface area contributed by atoms with Crippen LogP contribution in [0.1, 0.15) is 11.4 Å². The molecule has 6 nitrogen and oxygen atoms in total. The number of fused-ring (bicyclic) bond motifs is 1. The summed E-state index contributed by atoms with van der Waals surface area (Å²) in [4.78, 5) is 0.766. The Hall–Kier alpha value is -2.93. The Balaban J connectivity index is 1.73. The van der Waals surface area contributed by atoms with E-state index in [1.54, 1.807) is 18.7 Å². The number of aromatic nitrogens is 4. The predicted molar refractivity (Wildman–Crippen MR) is 96.4 cm³/mol. The Bertz CT molecular complexity index is 988. The van der Waals surface area contributed by atoms with Crippen molar-refractivity contribution in [1.82, 2.24) is 19.8 Å². The van der Waals surface area contributed by atoms with Gasteiger partial charge in [0.15, 0.2) is 5.82 Å². The van der Waals surface area contributed by atoms with Gasteiger partial charge in [0.05, 0.1) is 14.2 Å². The standard InChI is InChI=1S/C18H16N4O2S/c1-23-14-9-13(10-15(11-14)24-2)17-21-22-16(19-20-18(22)25-17)8-12-6-4-3-5-7-12/h3-7,9-11H,8H2,1-2H3. The van der Waals surface area contributed by atoms with Gasteiger partial charge < -0.3 is 9.47 Å². The molecule has 4 aromatic rings. The van der Waals surface area contributed by atoms with E-state index in [9.17, 15) is 0 Å². The summed E-state index contributed by atoms with van der Waals surface area (Å²) < 4.78 is 12.5. The van der Waals surface area contributed by atoms with Crippen LogP contribution in [-0.2, 0) is 6.42 Å². The minimum atomic E-state index is 0.687. The maximum atomic E-state index is 5.34. The summed E-state index contributed by atoms with van der Waals surface area (Å²) in [5.41, 5.74) is 2.10. The Morgan fingerprint density at radius 2 is 1.68 bits per heavy atom. The third-order valence-electron chi connectivity index (χ3n) is 3.86. The molecule has 0 bridgehead atoms. The monoisotopic (exact) mass is 352 g/mol. The quantitative estimate of drug-likeness (QED) is 0.550. The van der Waals surface area contributed by atoms with Crippen LogP contribution in [0.15, 0.2) is 48.5 Å². The van der Waals surface area contributed by atoms with E-state index < -0.39 is 0 Å². The number of hydrogen-bond donors (Lipinski definition) is 0. The van der Waals surface area contributed by atoms with Crippen LogP contribution in [0.2, 0.25) is 0 Å². The number of benzene rings is 2. The van der Waals surface area contributed by atoms with Crippen molar-refractivity contribution in [2.45, 2.75) is 6.42 Å². The zero-order chi connectivity index (χ0) is 17.2. The molecule has 0 saturated carbocycles. The third kappa shape index (κ3) is 3.06. The summed E-state index contributed by atoms with van der Waals surface area (Å²) in [6, 6.07) is 15.9. The van der Waals surface area contributed by atoms with Gasteiger partial charge in [0.2, 0.25) is 4.96 Å². The second kappa shape index (κ2) is 6.52. The third-order valence-corrected chi connectivity index (χ3v) is 4.81. The van der Waals surface area contributed by atoms with Crippen molar-refractivity contribution in [2.75, 3.05) is 14.2 Å². The van der Waals surface area contributed by atoms with Crippen molar-refractivity contribution in [3.63, 3.8) is 0 Å². The van der Waals surface area contributed by atoms with E-state index in [4.69, 9.17) is 9.47 Å². The highest BCUT2D eigenvalue weighted by Crippen LogP contribution is 2.32. The van der Waals surface area contributed by atoms with Gasteiger partial charge in [-0.05, 0) is 17.7 Å². The second-order valence-electron chi connectivity index (χ2n) is 5.48. The van der Waals surface area contributed by atoms with Gasteiger partial charge in [-0.15, -0.1) is 10.2 Å². The first-order valence-electron chi connectivity index (χ1n) is 7.75. The molecule has 2 heterocycles. The molecule has 2 aromatic carbocycles. The average molecular weight is 352 g/mol. The van der Waals surface area contributed by atoms with E-state index in [1.165, 1.54) is 16.9 Å². The van der Waals surface area contributed by atoms with Gasteiger partial charge in [0, 0.05) is 18.1 Å². The molecule has 4 rings (SSSR count). The SMILES string of the molecule is COc1cc(OC)cc(-c2nn3c(Cc4ccccc4)nnc3s2)c1. The molecular formula is C18H16N4O2S. The lowest BCUT2D eigenvalue weighted by Gasteiger charge is -2.06. The molecule has 0 aliphatic rings. The van der Waals surface area contributed by atoms with Gasteiger partial charge in [0.25, 0.3) is 0 Å². The van der Waals surface area contributed by atoms with Crippen LogP contribution in [0.5, 0.6) is 11.5 Å². The van der Waals surface area contributed by atoms with Crippen molar-refractivity contribution in [3.05, 3.63) is 59.9 Å². The second-order valence-corrected chi connectivity index (χ2v) is 6.44. The Kier molecular flexibility index (Phi) is 4.07. The molecule has 0 spiro atoms. The molecule has 25 heavy (non-hydrogen) atoms. The summed E-state index contributed by atoms with van der Waals surface area (Å²) in [5, 5.41) is 14.0. The van der Waals surface area contributed by atoms with Crippen molar-refractivity contribution < 1.29 is 9.47 Å². The predicted octanol–water partition coefficient (Wildman–Crippen LogP) is 3.46. The lowest BCUT2D eigenvalue weighted by molar-refractivity contribution is 0.394. The first-order valence-corrected chi connectivity index (χ1v) is 8.57. The maximum absolute atomic E-state index is 5.34. The highest BCUT2D eigenvalue weighted by atomic mass is 32.1. The van der Waals surface area contributed by atoms with Crippen molar-refractivity contribution >= 4 is 16.3 Å². The summed E-state index contributed by atoms with van der Waals surface area (Å²) in [7, 11) is 3.27. The van der Waals surface area contributed by atoms with E-state index in [0.717, 1.165) is 32.9 Å². The maximum Gasteiger partial charge on any atom is 0.234 e. The molecule has 0 fully saturated rings. The van der Waals surface area contributed by atoms with E-state index in [0.29, 0.717) is 6.42 Å². The van der Waals surface area contributed by atoms with Crippen LogP contribution in [0.4, 0.5) is 0 Å². The van der Waals surface area contributed by atoms with Gasteiger partial charge in [-0.2, -0.15) is 9.61 Å². The number of rotatable bonds is 5. The molecule has 0 aliphatic heterocycles. The van der Waals surface area contributed by atoms with Gasteiger partial charge in [-0.1, -0.05) is 41.7 Å². The molecule has 0 aliphatic carbocycles. The molecule has 0 radical (unpaired) electrons. The number of methoxy groups -OCH3 is 2. The lowest BCUT2D eigenvalue weighted by atomic mass is 10.1. The minimum Gasteiger partial charge on any atom is -0.497 e. The highest BCUT2D eigenvalue weighted by Gasteiger charge is 2.14.